The smallest absolute Gasteiger partial charge is 0.301 e. The van der Waals surface area contributed by atoms with Crippen molar-refractivity contribution in [2.75, 3.05) is 42.5 Å². The average molecular weight is 405 g/mol. The van der Waals surface area contributed by atoms with Crippen LogP contribution in [0.2, 0.25) is 0 Å². The minimum atomic E-state index is -0.681. The van der Waals surface area contributed by atoms with E-state index in [1.54, 1.807) is 18.2 Å². The Morgan fingerprint density at radius 2 is 1.50 bits per heavy atom. The predicted molar refractivity (Wildman–Crippen MR) is 119 cm³/mol. The Morgan fingerprint density at radius 1 is 0.867 bits per heavy atom. The monoisotopic (exact) mass is 405 g/mol. The van der Waals surface area contributed by atoms with E-state index in [1.807, 2.05) is 38.1 Å². The van der Waals surface area contributed by atoms with Crippen LogP contribution in [-0.4, -0.2) is 54.5 Å². The van der Waals surface area contributed by atoms with E-state index in [0.717, 1.165) is 54.4 Å². The number of hydrogen-bond acceptors (Lipinski definition) is 5. The second-order valence-electron chi connectivity index (χ2n) is 7.93. The highest BCUT2D eigenvalue weighted by atomic mass is 16.3. The lowest BCUT2D eigenvalue weighted by molar-refractivity contribution is -0.121. The largest absolute Gasteiger partial charge is 0.502 e. The van der Waals surface area contributed by atoms with Crippen molar-refractivity contribution in [1.29, 1.82) is 0 Å². The number of aliphatic hydroxyl groups excluding tert-OH is 1. The van der Waals surface area contributed by atoms with Crippen molar-refractivity contribution < 1.29 is 14.7 Å². The Bertz CT molecular complexity index is 1020. The topological polar surface area (TPSA) is 64.1 Å². The molecule has 0 bridgehead atoms. The van der Waals surface area contributed by atoms with Gasteiger partial charge in [0.1, 0.15) is 0 Å². The number of piperazine rings is 1. The summed E-state index contributed by atoms with van der Waals surface area (Å²) in [5.74, 6) is -1.67. The van der Waals surface area contributed by atoms with Gasteiger partial charge in [0.25, 0.3) is 5.91 Å². The van der Waals surface area contributed by atoms with E-state index >= 15 is 0 Å². The molecule has 2 amide bonds. The summed E-state index contributed by atoms with van der Waals surface area (Å²) < 4.78 is 0. The van der Waals surface area contributed by atoms with E-state index < -0.39 is 17.6 Å². The lowest BCUT2D eigenvalue weighted by atomic mass is 9.98. The van der Waals surface area contributed by atoms with Crippen LogP contribution in [0.3, 0.4) is 0 Å². The maximum absolute atomic E-state index is 13.1. The van der Waals surface area contributed by atoms with E-state index in [2.05, 4.69) is 16.7 Å². The molecule has 0 saturated carbocycles. The number of likely N-dealkylation sites (N-methyl/N-ethyl adjacent to an activating group) is 1. The minimum Gasteiger partial charge on any atom is -0.502 e. The summed E-state index contributed by atoms with van der Waals surface area (Å²) in [6, 6.07) is 13.0. The number of hydrogen-bond donors (Lipinski definition) is 1. The Balaban J connectivity index is 1.57. The molecule has 6 nitrogen and oxygen atoms in total. The van der Waals surface area contributed by atoms with Gasteiger partial charge < -0.3 is 14.9 Å². The predicted octanol–water partition coefficient (Wildman–Crippen LogP) is 3.29. The first-order valence-electron chi connectivity index (χ1n) is 10.4. The summed E-state index contributed by atoms with van der Waals surface area (Å²) in [6.45, 7) is 11.0. The SMILES string of the molecule is CCN1CCN(c2ccc(N3C(=O)C(O)=C(c4ccc(C)cc4C)C3=O)cc2)CC1. The maximum atomic E-state index is 13.1. The van der Waals surface area contributed by atoms with Crippen LogP contribution < -0.4 is 9.80 Å². The van der Waals surface area contributed by atoms with Crippen molar-refractivity contribution in [3.8, 4) is 0 Å². The number of benzene rings is 2. The highest BCUT2D eigenvalue weighted by Crippen LogP contribution is 2.34. The molecule has 2 aromatic rings. The van der Waals surface area contributed by atoms with E-state index in [4.69, 9.17) is 0 Å². The number of nitrogens with zero attached hydrogens (tertiary/aromatic N) is 3. The molecule has 1 saturated heterocycles. The molecule has 2 heterocycles. The first kappa shape index (κ1) is 20.2. The molecular weight excluding hydrogens is 378 g/mol. The van der Waals surface area contributed by atoms with E-state index in [-0.39, 0.29) is 5.57 Å². The highest BCUT2D eigenvalue weighted by Gasteiger charge is 2.40. The fourth-order valence-corrected chi connectivity index (χ4v) is 4.22. The van der Waals surface area contributed by atoms with Crippen LogP contribution >= 0.6 is 0 Å². The summed E-state index contributed by atoms with van der Waals surface area (Å²) in [5.41, 5.74) is 4.09. The van der Waals surface area contributed by atoms with Crippen LogP contribution in [0.1, 0.15) is 23.6 Å². The standard InChI is InChI=1S/C24H27N3O3/c1-4-25-11-13-26(14-12-25)18-6-8-19(9-7-18)27-23(29)21(22(28)24(27)30)20-10-5-16(2)15-17(20)3/h5-10,15,28H,4,11-14H2,1-3H3. The molecule has 4 rings (SSSR count). The van der Waals surface area contributed by atoms with Crippen molar-refractivity contribution in [2.24, 2.45) is 0 Å². The lowest BCUT2D eigenvalue weighted by Gasteiger charge is -2.35. The molecule has 0 radical (unpaired) electrons. The molecule has 0 atom stereocenters. The third-order valence-corrected chi connectivity index (χ3v) is 6.00. The van der Waals surface area contributed by atoms with Crippen molar-refractivity contribution in [2.45, 2.75) is 20.8 Å². The van der Waals surface area contributed by atoms with Crippen LogP contribution in [-0.2, 0) is 9.59 Å². The molecule has 2 aliphatic heterocycles. The Hall–Kier alpha value is -3.12. The molecule has 2 aliphatic rings. The first-order chi connectivity index (χ1) is 14.4. The molecule has 6 heteroatoms. The molecule has 0 spiro atoms. The van der Waals surface area contributed by atoms with Crippen molar-refractivity contribution in [3.05, 3.63) is 64.9 Å². The number of aliphatic hydroxyl groups is 1. The summed E-state index contributed by atoms with van der Waals surface area (Å²) in [4.78, 5) is 31.6. The van der Waals surface area contributed by atoms with Crippen LogP contribution in [0.25, 0.3) is 5.57 Å². The molecular formula is C24H27N3O3. The maximum Gasteiger partial charge on any atom is 0.301 e. The Morgan fingerprint density at radius 3 is 2.10 bits per heavy atom. The van der Waals surface area contributed by atoms with Gasteiger partial charge in [0.05, 0.1) is 11.3 Å². The van der Waals surface area contributed by atoms with Gasteiger partial charge in [-0.2, -0.15) is 0 Å². The van der Waals surface area contributed by atoms with Gasteiger partial charge in [0.2, 0.25) is 0 Å². The van der Waals surface area contributed by atoms with Crippen LogP contribution in [0.4, 0.5) is 11.4 Å². The third kappa shape index (κ3) is 3.48. The molecule has 0 aromatic heterocycles. The lowest BCUT2D eigenvalue weighted by Crippen LogP contribution is -2.46. The van der Waals surface area contributed by atoms with Crippen molar-refractivity contribution in [3.63, 3.8) is 0 Å². The fraction of sp³-hybridized carbons (Fsp3) is 0.333. The Labute approximate surface area is 177 Å². The Kier molecular flexibility index (Phi) is 5.35. The van der Waals surface area contributed by atoms with Crippen LogP contribution in [0.15, 0.2) is 48.2 Å². The van der Waals surface area contributed by atoms with Gasteiger partial charge in [-0.25, -0.2) is 4.90 Å². The molecule has 0 aliphatic carbocycles. The molecule has 0 unspecified atom stereocenters. The number of imide groups is 1. The summed E-state index contributed by atoms with van der Waals surface area (Å²) >= 11 is 0. The summed E-state index contributed by atoms with van der Waals surface area (Å²) in [5, 5.41) is 10.5. The van der Waals surface area contributed by atoms with Gasteiger partial charge in [0, 0.05) is 31.9 Å². The second kappa shape index (κ2) is 7.95. The zero-order valence-corrected chi connectivity index (χ0v) is 17.7. The summed E-state index contributed by atoms with van der Waals surface area (Å²) in [7, 11) is 0. The minimum absolute atomic E-state index is 0.0669. The second-order valence-corrected chi connectivity index (χ2v) is 7.93. The fourth-order valence-electron chi connectivity index (χ4n) is 4.22. The number of amides is 2. The average Bonchev–Trinajstić information content (AvgIpc) is 2.97. The van der Waals surface area contributed by atoms with E-state index in [0.29, 0.717) is 11.3 Å². The van der Waals surface area contributed by atoms with Crippen LogP contribution in [0.5, 0.6) is 0 Å². The van der Waals surface area contributed by atoms with Gasteiger partial charge in [-0.1, -0.05) is 30.7 Å². The van der Waals surface area contributed by atoms with Crippen molar-refractivity contribution >= 4 is 28.8 Å². The number of carbonyl (C=O) groups excluding carboxylic acids is 2. The van der Waals surface area contributed by atoms with Gasteiger partial charge in [-0.3, -0.25) is 9.59 Å². The highest BCUT2D eigenvalue weighted by molar-refractivity contribution is 6.45. The first-order valence-corrected chi connectivity index (χ1v) is 10.4. The number of rotatable bonds is 4. The van der Waals surface area contributed by atoms with Crippen molar-refractivity contribution in [1.82, 2.24) is 4.90 Å². The molecule has 30 heavy (non-hydrogen) atoms. The van der Waals surface area contributed by atoms with Gasteiger partial charge in [-0.05, 0) is 55.8 Å². The molecule has 1 N–H and O–H groups in total. The number of carbonyl (C=O) groups is 2. The number of anilines is 2. The summed E-state index contributed by atoms with van der Waals surface area (Å²) in [6.07, 6.45) is 0. The normalized spacial score (nSPS) is 18.0. The van der Waals surface area contributed by atoms with Gasteiger partial charge in [0.15, 0.2) is 5.76 Å². The van der Waals surface area contributed by atoms with Gasteiger partial charge >= 0.3 is 5.91 Å². The molecule has 2 aromatic carbocycles. The molecule has 156 valence electrons. The van der Waals surface area contributed by atoms with E-state index in [9.17, 15) is 14.7 Å². The van der Waals surface area contributed by atoms with Gasteiger partial charge in [-0.15, -0.1) is 0 Å². The third-order valence-electron chi connectivity index (χ3n) is 6.00. The quantitative estimate of drug-likeness (QED) is 0.791. The number of aryl methyl sites for hydroxylation is 2. The van der Waals surface area contributed by atoms with Crippen LogP contribution in [0, 0.1) is 13.8 Å². The zero-order valence-electron chi connectivity index (χ0n) is 17.7. The molecule has 1 fully saturated rings. The zero-order chi connectivity index (χ0) is 21.4. The van der Waals surface area contributed by atoms with E-state index in [1.165, 1.54) is 0 Å².